The smallest absolute Gasteiger partial charge is 0.163 e. The van der Waals surface area contributed by atoms with Crippen molar-refractivity contribution in [3.8, 4) is 0 Å². The van der Waals surface area contributed by atoms with Gasteiger partial charge in [-0.1, -0.05) is 12.1 Å². The van der Waals surface area contributed by atoms with E-state index in [-0.39, 0.29) is 0 Å². The molecule has 2 rings (SSSR count). The van der Waals surface area contributed by atoms with Gasteiger partial charge in [0.2, 0.25) is 0 Å². The Kier molecular flexibility index (Phi) is 2.38. The molecular weight excluding hydrogens is 174 g/mol. The molecule has 0 saturated heterocycles. The van der Waals surface area contributed by atoms with Crippen molar-refractivity contribution >= 4 is 5.78 Å². The first-order valence-electron chi connectivity index (χ1n) is 4.96. The van der Waals surface area contributed by atoms with Gasteiger partial charge in [0, 0.05) is 18.5 Å². The first-order chi connectivity index (χ1) is 6.66. The molecule has 0 aromatic heterocycles. The van der Waals surface area contributed by atoms with Gasteiger partial charge < -0.3 is 4.90 Å². The number of hydrogen-bond donors (Lipinski definition) is 0. The van der Waals surface area contributed by atoms with Crippen LogP contribution in [0.15, 0.2) is 18.2 Å². The zero-order valence-corrected chi connectivity index (χ0v) is 8.71. The average molecular weight is 189 g/mol. The molecule has 74 valence electrons. The van der Waals surface area contributed by atoms with E-state index >= 15 is 0 Å². The fraction of sp³-hybridized carbons (Fsp3) is 0.417. The van der Waals surface area contributed by atoms with Gasteiger partial charge in [0.1, 0.15) is 0 Å². The first-order valence-corrected chi connectivity index (χ1v) is 4.96. The van der Waals surface area contributed by atoms with Crippen molar-refractivity contribution < 1.29 is 4.79 Å². The summed E-state index contributed by atoms with van der Waals surface area (Å²) in [5.74, 6) is 0.306. The summed E-state index contributed by atoms with van der Waals surface area (Å²) in [6.07, 6.45) is 1.62. The maximum Gasteiger partial charge on any atom is 0.163 e. The maximum absolute atomic E-state index is 11.5. The van der Waals surface area contributed by atoms with Gasteiger partial charge in [-0.15, -0.1) is 0 Å². The molecule has 2 nitrogen and oxygen atoms in total. The van der Waals surface area contributed by atoms with Crippen molar-refractivity contribution in [2.45, 2.75) is 19.4 Å². The van der Waals surface area contributed by atoms with Gasteiger partial charge in [-0.05, 0) is 37.7 Å². The van der Waals surface area contributed by atoms with Gasteiger partial charge in [0.05, 0.1) is 0 Å². The summed E-state index contributed by atoms with van der Waals surface area (Å²) >= 11 is 0. The Bertz CT molecular complexity index is 369. The van der Waals surface area contributed by atoms with E-state index in [1.54, 1.807) is 0 Å². The summed E-state index contributed by atoms with van der Waals surface area (Å²) in [5.41, 5.74) is 3.39. The quantitative estimate of drug-likeness (QED) is 0.708. The van der Waals surface area contributed by atoms with Crippen LogP contribution in [0.5, 0.6) is 0 Å². The van der Waals surface area contributed by atoms with E-state index in [1.807, 2.05) is 20.2 Å². The van der Waals surface area contributed by atoms with Crippen LogP contribution in [0.25, 0.3) is 0 Å². The molecule has 1 aromatic carbocycles. The van der Waals surface area contributed by atoms with E-state index in [1.165, 1.54) is 11.1 Å². The Morgan fingerprint density at radius 2 is 2.07 bits per heavy atom. The summed E-state index contributed by atoms with van der Waals surface area (Å²) in [6.45, 7) is 0.903. The topological polar surface area (TPSA) is 20.3 Å². The number of hydrogen-bond acceptors (Lipinski definition) is 2. The fourth-order valence-electron chi connectivity index (χ4n) is 1.95. The monoisotopic (exact) mass is 189 g/mol. The molecule has 0 radical (unpaired) electrons. The molecule has 0 heterocycles. The molecular formula is C12H15NO. The number of ketones is 1. The third-order valence-electron chi connectivity index (χ3n) is 2.59. The molecule has 0 N–H and O–H groups in total. The number of aryl methyl sites for hydroxylation is 1. The SMILES string of the molecule is CN(C)Cc1ccc2c(c1)C(=O)CC2. The highest BCUT2D eigenvalue weighted by molar-refractivity contribution is 6.00. The minimum atomic E-state index is 0.306. The number of carbonyl (C=O) groups is 1. The van der Waals surface area contributed by atoms with Crippen LogP contribution >= 0.6 is 0 Å². The lowest BCUT2D eigenvalue weighted by molar-refractivity contribution is 0.0994. The highest BCUT2D eigenvalue weighted by atomic mass is 16.1. The number of Topliss-reactive ketones (excluding diaryl/α,β-unsaturated/α-hetero) is 1. The predicted octanol–water partition coefficient (Wildman–Crippen LogP) is 1.88. The standard InChI is InChI=1S/C12H15NO/c1-13(2)8-9-3-4-10-5-6-12(14)11(10)7-9/h3-4,7H,5-6,8H2,1-2H3. The summed E-state index contributed by atoms with van der Waals surface area (Å²) in [4.78, 5) is 13.6. The van der Waals surface area contributed by atoms with Crippen molar-refractivity contribution in [2.75, 3.05) is 14.1 Å². The normalized spacial score (nSPS) is 14.9. The highest BCUT2D eigenvalue weighted by Crippen LogP contribution is 2.23. The van der Waals surface area contributed by atoms with Crippen molar-refractivity contribution in [1.29, 1.82) is 0 Å². The summed E-state index contributed by atoms with van der Waals surface area (Å²) < 4.78 is 0. The number of fused-ring (bicyclic) bond motifs is 1. The minimum absolute atomic E-state index is 0.306. The van der Waals surface area contributed by atoms with Crippen LogP contribution in [0.3, 0.4) is 0 Å². The van der Waals surface area contributed by atoms with Crippen LogP contribution < -0.4 is 0 Å². The molecule has 0 amide bonds. The van der Waals surface area contributed by atoms with Crippen molar-refractivity contribution in [1.82, 2.24) is 4.90 Å². The average Bonchev–Trinajstić information content (AvgIpc) is 2.47. The molecule has 1 aliphatic carbocycles. The van der Waals surface area contributed by atoms with Gasteiger partial charge in [0.15, 0.2) is 5.78 Å². The van der Waals surface area contributed by atoms with Gasteiger partial charge in [-0.3, -0.25) is 4.79 Å². The lowest BCUT2D eigenvalue weighted by Gasteiger charge is -2.10. The number of benzene rings is 1. The zero-order valence-electron chi connectivity index (χ0n) is 8.71. The molecule has 0 bridgehead atoms. The molecule has 0 fully saturated rings. The Balaban J connectivity index is 2.30. The molecule has 0 saturated carbocycles. The molecule has 2 heteroatoms. The van der Waals surface area contributed by atoms with E-state index in [2.05, 4.69) is 17.0 Å². The predicted molar refractivity (Wildman–Crippen MR) is 56.5 cm³/mol. The van der Waals surface area contributed by atoms with E-state index in [4.69, 9.17) is 0 Å². The maximum atomic E-state index is 11.5. The van der Waals surface area contributed by atoms with Crippen LogP contribution in [-0.4, -0.2) is 24.8 Å². The molecule has 0 atom stereocenters. The van der Waals surface area contributed by atoms with Gasteiger partial charge >= 0.3 is 0 Å². The summed E-state index contributed by atoms with van der Waals surface area (Å²) in [5, 5.41) is 0. The summed E-state index contributed by atoms with van der Waals surface area (Å²) in [6, 6.07) is 6.27. The number of carbonyl (C=O) groups excluding carboxylic acids is 1. The largest absolute Gasteiger partial charge is 0.305 e. The number of rotatable bonds is 2. The third kappa shape index (κ3) is 1.70. The number of nitrogens with zero attached hydrogens (tertiary/aromatic N) is 1. The van der Waals surface area contributed by atoms with Crippen LogP contribution in [0.1, 0.15) is 27.9 Å². The van der Waals surface area contributed by atoms with Crippen molar-refractivity contribution in [3.63, 3.8) is 0 Å². The highest BCUT2D eigenvalue weighted by Gasteiger charge is 2.19. The van der Waals surface area contributed by atoms with E-state index in [0.29, 0.717) is 12.2 Å². The Labute approximate surface area is 84.5 Å². The molecule has 14 heavy (non-hydrogen) atoms. The Morgan fingerprint density at radius 1 is 1.29 bits per heavy atom. The molecule has 0 unspecified atom stereocenters. The second-order valence-electron chi connectivity index (χ2n) is 4.15. The Hall–Kier alpha value is -1.15. The van der Waals surface area contributed by atoms with Gasteiger partial charge in [-0.25, -0.2) is 0 Å². The van der Waals surface area contributed by atoms with Crippen LogP contribution in [-0.2, 0) is 13.0 Å². The molecule has 0 aliphatic heterocycles. The van der Waals surface area contributed by atoms with Crippen LogP contribution in [0.4, 0.5) is 0 Å². The molecule has 1 aromatic rings. The van der Waals surface area contributed by atoms with Crippen LogP contribution in [0.2, 0.25) is 0 Å². The van der Waals surface area contributed by atoms with Crippen molar-refractivity contribution in [3.05, 3.63) is 34.9 Å². The second-order valence-corrected chi connectivity index (χ2v) is 4.15. The lowest BCUT2D eigenvalue weighted by Crippen LogP contribution is -2.11. The molecule has 0 spiro atoms. The zero-order chi connectivity index (χ0) is 10.1. The third-order valence-corrected chi connectivity index (χ3v) is 2.59. The van der Waals surface area contributed by atoms with Gasteiger partial charge in [-0.2, -0.15) is 0 Å². The second kappa shape index (κ2) is 3.54. The summed E-state index contributed by atoms with van der Waals surface area (Å²) in [7, 11) is 4.07. The first kappa shape index (κ1) is 9.41. The van der Waals surface area contributed by atoms with E-state index in [9.17, 15) is 4.79 Å². The fourth-order valence-corrected chi connectivity index (χ4v) is 1.95. The van der Waals surface area contributed by atoms with E-state index in [0.717, 1.165) is 18.5 Å². The minimum Gasteiger partial charge on any atom is -0.305 e. The van der Waals surface area contributed by atoms with Crippen molar-refractivity contribution in [2.24, 2.45) is 0 Å². The van der Waals surface area contributed by atoms with Gasteiger partial charge in [0.25, 0.3) is 0 Å². The lowest BCUT2D eigenvalue weighted by atomic mass is 10.1. The van der Waals surface area contributed by atoms with Crippen LogP contribution in [0, 0.1) is 0 Å². The molecule has 1 aliphatic rings. The van der Waals surface area contributed by atoms with E-state index < -0.39 is 0 Å². The Morgan fingerprint density at radius 3 is 2.79 bits per heavy atom.